The smallest absolute Gasteiger partial charge is 0.133 e. The summed E-state index contributed by atoms with van der Waals surface area (Å²) < 4.78 is 18.0. The van der Waals surface area contributed by atoms with Crippen molar-refractivity contribution in [1.82, 2.24) is 0 Å². The van der Waals surface area contributed by atoms with E-state index in [0.29, 0.717) is 23.7 Å². The van der Waals surface area contributed by atoms with Gasteiger partial charge >= 0.3 is 0 Å². The summed E-state index contributed by atoms with van der Waals surface area (Å²) in [7, 11) is 3.48. The summed E-state index contributed by atoms with van der Waals surface area (Å²) in [6, 6.07) is 0. The Hall–Kier alpha value is -0.960. The van der Waals surface area contributed by atoms with Crippen LogP contribution in [-0.4, -0.2) is 25.4 Å². The third kappa shape index (κ3) is 0.606. The van der Waals surface area contributed by atoms with Crippen LogP contribution >= 0.6 is 0 Å². The standard InChI is InChI=1S/C17H20O3/c1-6(18-3)16-12-8-5-9-11-10(8)14(16)15(11)17(20-16,13(9)12)7(2)19-4/h8-15H,1-2,5H2,3-4H3. The van der Waals surface area contributed by atoms with Crippen LogP contribution in [-0.2, 0) is 14.2 Å². The number of methoxy groups -OCH3 is 2. The van der Waals surface area contributed by atoms with Gasteiger partial charge in [-0.05, 0) is 30.1 Å². The van der Waals surface area contributed by atoms with E-state index >= 15 is 0 Å². The van der Waals surface area contributed by atoms with Gasteiger partial charge in [0.1, 0.15) is 22.7 Å². The maximum atomic E-state index is 6.80. The third-order valence-electron chi connectivity index (χ3n) is 8.19. The monoisotopic (exact) mass is 272 g/mol. The van der Waals surface area contributed by atoms with E-state index in [1.165, 1.54) is 6.42 Å². The topological polar surface area (TPSA) is 27.7 Å². The molecule has 0 amide bonds. The van der Waals surface area contributed by atoms with Crippen molar-refractivity contribution in [1.29, 1.82) is 0 Å². The number of hydrogen-bond acceptors (Lipinski definition) is 3. The van der Waals surface area contributed by atoms with Gasteiger partial charge in [-0.1, -0.05) is 13.2 Å². The van der Waals surface area contributed by atoms with Gasteiger partial charge in [-0.2, -0.15) is 0 Å². The zero-order valence-electron chi connectivity index (χ0n) is 12.0. The Morgan fingerprint density at radius 1 is 0.900 bits per heavy atom. The van der Waals surface area contributed by atoms with E-state index in [-0.39, 0.29) is 11.2 Å². The largest absolute Gasteiger partial charge is 0.499 e. The molecule has 0 N–H and O–H groups in total. The normalized spacial score (nSPS) is 67.9. The minimum atomic E-state index is -0.220. The van der Waals surface area contributed by atoms with Gasteiger partial charge in [-0.25, -0.2) is 0 Å². The number of rotatable bonds is 4. The molecule has 7 fully saturated rings. The Kier molecular flexibility index (Phi) is 1.38. The Bertz CT molecular complexity index is 543. The van der Waals surface area contributed by atoms with Gasteiger partial charge in [0, 0.05) is 23.7 Å². The van der Waals surface area contributed by atoms with Crippen molar-refractivity contribution in [2.24, 2.45) is 47.3 Å². The lowest BCUT2D eigenvalue weighted by molar-refractivity contribution is -0.0741. The molecule has 10 atom stereocenters. The summed E-state index contributed by atoms with van der Waals surface area (Å²) in [5, 5.41) is 0. The molecule has 7 aliphatic rings. The summed E-state index contributed by atoms with van der Waals surface area (Å²) >= 11 is 0. The predicted octanol–water partition coefficient (Wildman–Crippen LogP) is 2.20. The van der Waals surface area contributed by atoms with Gasteiger partial charge in [0.15, 0.2) is 0 Å². The molecule has 5 aliphatic carbocycles. The number of hydrogen-bond donors (Lipinski definition) is 0. The van der Waals surface area contributed by atoms with Crippen LogP contribution in [0, 0.1) is 47.3 Å². The van der Waals surface area contributed by atoms with Crippen LogP contribution in [0.2, 0.25) is 0 Å². The summed E-state index contributed by atoms with van der Waals surface area (Å²) in [6.45, 7) is 8.45. The molecule has 3 nitrogen and oxygen atoms in total. The average molecular weight is 272 g/mol. The van der Waals surface area contributed by atoms with Crippen molar-refractivity contribution < 1.29 is 14.2 Å². The van der Waals surface area contributed by atoms with Crippen LogP contribution in [0.25, 0.3) is 0 Å². The van der Waals surface area contributed by atoms with Gasteiger partial charge in [-0.3, -0.25) is 0 Å². The third-order valence-corrected chi connectivity index (χ3v) is 8.19. The molecule has 2 heterocycles. The van der Waals surface area contributed by atoms with Crippen LogP contribution in [0.3, 0.4) is 0 Å². The van der Waals surface area contributed by atoms with Gasteiger partial charge < -0.3 is 14.2 Å². The number of ether oxygens (including phenoxy) is 3. The van der Waals surface area contributed by atoms with Gasteiger partial charge in [0.05, 0.1) is 14.2 Å². The van der Waals surface area contributed by atoms with Crippen LogP contribution in [0.1, 0.15) is 6.42 Å². The van der Waals surface area contributed by atoms with E-state index in [1.54, 1.807) is 14.2 Å². The molecule has 5 saturated carbocycles. The first-order chi connectivity index (χ1) is 9.64. The van der Waals surface area contributed by atoms with Gasteiger partial charge in [0.2, 0.25) is 0 Å². The second kappa shape index (κ2) is 2.58. The molecule has 10 unspecified atom stereocenters. The quantitative estimate of drug-likeness (QED) is 0.734. The molecule has 2 saturated heterocycles. The molecule has 20 heavy (non-hydrogen) atoms. The van der Waals surface area contributed by atoms with Crippen molar-refractivity contribution in [3.8, 4) is 0 Å². The summed E-state index contributed by atoms with van der Waals surface area (Å²) in [5.41, 5.74) is -0.439. The highest BCUT2D eigenvalue weighted by Crippen LogP contribution is 2.94. The molecular weight excluding hydrogens is 252 g/mol. The molecule has 0 aromatic rings. The molecule has 3 heteroatoms. The van der Waals surface area contributed by atoms with E-state index in [0.717, 1.165) is 35.2 Å². The first-order valence-electron chi connectivity index (χ1n) is 7.81. The first kappa shape index (κ1) is 10.7. The molecule has 0 aromatic carbocycles. The highest BCUT2D eigenvalue weighted by Gasteiger charge is 2.98. The van der Waals surface area contributed by atoms with Crippen LogP contribution in [0.15, 0.2) is 24.7 Å². The van der Waals surface area contributed by atoms with Gasteiger partial charge in [0.25, 0.3) is 0 Å². The maximum absolute atomic E-state index is 6.80. The fourth-order valence-electron chi connectivity index (χ4n) is 8.30. The van der Waals surface area contributed by atoms with Crippen molar-refractivity contribution in [3.63, 3.8) is 0 Å². The molecular formula is C17H20O3. The lowest BCUT2D eigenvalue weighted by Crippen LogP contribution is -2.52. The summed E-state index contributed by atoms with van der Waals surface area (Å²) in [6.07, 6.45) is 1.40. The first-order valence-corrected chi connectivity index (χ1v) is 7.81. The highest BCUT2D eigenvalue weighted by atomic mass is 16.6. The maximum Gasteiger partial charge on any atom is 0.133 e. The highest BCUT2D eigenvalue weighted by molar-refractivity contribution is 5.50. The van der Waals surface area contributed by atoms with Crippen molar-refractivity contribution in [2.45, 2.75) is 17.6 Å². The lowest BCUT2D eigenvalue weighted by atomic mass is 9.54. The lowest BCUT2D eigenvalue weighted by Gasteiger charge is -2.47. The molecule has 4 bridgehead atoms. The van der Waals surface area contributed by atoms with Crippen LogP contribution < -0.4 is 0 Å². The van der Waals surface area contributed by atoms with Crippen molar-refractivity contribution >= 4 is 0 Å². The van der Waals surface area contributed by atoms with Gasteiger partial charge in [-0.15, -0.1) is 0 Å². The summed E-state index contributed by atoms with van der Waals surface area (Å²) in [5.74, 6) is 7.59. The summed E-state index contributed by atoms with van der Waals surface area (Å²) in [4.78, 5) is 0. The Labute approximate surface area is 119 Å². The molecule has 106 valence electrons. The van der Waals surface area contributed by atoms with Crippen molar-refractivity contribution in [2.75, 3.05) is 14.2 Å². The molecule has 2 aliphatic heterocycles. The van der Waals surface area contributed by atoms with Crippen LogP contribution in [0.5, 0.6) is 0 Å². The minimum absolute atomic E-state index is 0.220. The second-order valence-electron chi connectivity index (χ2n) is 7.76. The Morgan fingerprint density at radius 3 is 1.75 bits per heavy atom. The zero-order valence-corrected chi connectivity index (χ0v) is 12.0. The molecule has 0 radical (unpaired) electrons. The van der Waals surface area contributed by atoms with Crippen molar-refractivity contribution in [3.05, 3.63) is 24.7 Å². The zero-order chi connectivity index (χ0) is 13.6. The Morgan fingerprint density at radius 2 is 1.35 bits per heavy atom. The van der Waals surface area contributed by atoms with E-state index in [1.807, 2.05) is 0 Å². The molecule has 0 spiro atoms. The van der Waals surface area contributed by atoms with Crippen LogP contribution in [0.4, 0.5) is 0 Å². The second-order valence-corrected chi connectivity index (χ2v) is 7.76. The average Bonchev–Trinajstić information content (AvgIpc) is 3.07. The molecule has 0 aromatic heterocycles. The van der Waals surface area contributed by atoms with E-state index in [4.69, 9.17) is 14.2 Å². The SMILES string of the molecule is C=C(OC)C12OC3(C(=C)OC)C4C5CC(C6C5C3C61)C42. The predicted molar refractivity (Wildman–Crippen MR) is 71.4 cm³/mol. The fourth-order valence-corrected chi connectivity index (χ4v) is 8.30. The van der Waals surface area contributed by atoms with E-state index < -0.39 is 0 Å². The minimum Gasteiger partial charge on any atom is -0.499 e. The fraction of sp³-hybridized carbons (Fsp3) is 0.765. The Balaban J connectivity index is 1.64. The van der Waals surface area contributed by atoms with E-state index in [2.05, 4.69) is 13.2 Å². The molecule has 7 rings (SSSR count). The van der Waals surface area contributed by atoms with E-state index in [9.17, 15) is 0 Å².